The van der Waals surface area contributed by atoms with Crippen LogP contribution in [-0.4, -0.2) is 11.0 Å². The molecule has 0 saturated heterocycles. The monoisotopic (exact) mass is 231 g/mol. The van der Waals surface area contributed by atoms with Gasteiger partial charge >= 0.3 is 6.03 Å². The van der Waals surface area contributed by atoms with Crippen molar-refractivity contribution in [3.63, 3.8) is 0 Å². The van der Waals surface area contributed by atoms with Crippen LogP contribution in [0.1, 0.15) is 25.7 Å². The van der Waals surface area contributed by atoms with Crippen LogP contribution >= 0.6 is 0 Å². The predicted octanol–water partition coefficient (Wildman–Crippen LogP) is 2.91. The van der Waals surface area contributed by atoms with Crippen LogP contribution in [0.15, 0.2) is 36.7 Å². The number of anilines is 1. The SMILES string of the molecule is O=C(N/C=C/C1CCCC1)Nc1ccccn1. The van der Waals surface area contributed by atoms with Gasteiger partial charge in [-0.2, -0.15) is 0 Å². The first-order valence-corrected chi connectivity index (χ1v) is 6.00. The average molecular weight is 231 g/mol. The summed E-state index contributed by atoms with van der Waals surface area (Å²) in [6, 6.07) is 5.14. The lowest BCUT2D eigenvalue weighted by atomic mass is 10.1. The molecule has 17 heavy (non-hydrogen) atoms. The van der Waals surface area contributed by atoms with Gasteiger partial charge < -0.3 is 5.32 Å². The number of rotatable bonds is 3. The molecule has 0 radical (unpaired) electrons. The lowest BCUT2D eigenvalue weighted by Crippen LogP contribution is -2.24. The Bertz CT molecular complexity index is 383. The predicted molar refractivity (Wildman–Crippen MR) is 67.5 cm³/mol. The molecule has 4 heteroatoms. The van der Waals surface area contributed by atoms with Crippen molar-refractivity contribution < 1.29 is 4.79 Å². The highest BCUT2D eigenvalue weighted by molar-refractivity contribution is 5.88. The zero-order valence-corrected chi connectivity index (χ0v) is 9.73. The molecule has 1 aliphatic carbocycles. The summed E-state index contributed by atoms with van der Waals surface area (Å²) in [4.78, 5) is 15.5. The quantitative estimate of drug-likeness (QED) is 0.840. The molecular formula is C13H17N3O. The molecule has 0 aliphatic heterocycles. The fraction of sp³-hybridized carbons (Fsp3) is 0.385. The summed E-state index contributed by atoms with van der Waals surface area (Å²) in [6.07, 6.45) is 10.5. The van der Waals surface area contributed by atoms with Gasteiger partial charge in [-0.15, -0.1) is 0 Å². The van der Waals surface area contributed by atoms with E-state index < -0.39 is 0 Å². The summed E-state index contributed by atoms with van der Waals surface area (Å²) >= 11 is 0. The molecule has 2 rings (SSSR count). The van der Waals surface area contributed by atoms with Crippen LogP contribution in [0.25, 0.3) is 0 Å². The zero-order valence-electron chi connectivity index (χ0n) is 9.73. The lowest BCUT2D eigenvalue weighted by molar-refractivity contribution is 0.255. The van der Waals surface area contributed by atoms with Gasteiger partial charge in [-0.25, -0.2) is 9.78 Å². The van der Waals surface area contributed by atoms with Crippen molar-refractivity contribution in [2.24, 2.45) is 5.92 Å². The molecule has 4 nitrogen and oxygen atoms in total. The number of hydrogen-bond donors (Lipinski definition) is 2. The molecule has 0 spiro atoms. The standard InChI is InChI=1S/C13H17N3O/c17-13(16-12-7-3-4-9-14-12)15-10-8-11-5-1-2-6-11/h3-4,7-11H,1-2,5-6H2,(H2,14,15,16,17)/b10-8+. The number of allylic oxidation sites excluding steroid dienone is 1. The number of urea groups is 1. The number of amides is 2. The summed E-state index contributed by atoms with van der Waals surface area (Å²) in [6.45, 7) is 0. The number of carbonyl (C=O) groups is 1. The molecule has 0 aromatic carbocycles. The highest BCUT2D eigenvalue weighted by atomic mass is 16.2. The number of pyridine rings is 1. The zero-order chi connectivity index (χ0) is 11.9. The Morgan fingerprint density at radius 3 is 2.88 bits per heavy atom. The summed E-state index contributed by atoms with van der Waals surface area (Å²) < 4.78 is 0. The van der Waals surface area contributed by atoms with Gasteiger partial charge in [-0.05, 0) is 30.9 Å². The molecule has 1 aromatic rings. The minimum Gasteiger partial charge on any atom is -0.315 e. The molecule has 1 aromatic heterocycles. The first kappa shape index (κ1) is 11.6. The Hall–Kier alpha value is -1.84. The van der Waals surface area contributed by atoms with E-state index in [1.54, 1.807) is 18.5 Å². The topological polar surface area (TPSA) is 54.0 Å². The van der Waals surface area contributed by atoms with E-state index in [-0.39, 0.29) is 6.03 Å². The third-order valence-electron chi connectivity index (χ3n) is 2.89. The second-order valence-electron chi connectivity index (χ2n) is 4.22. The maximum absolute atomic E-state index is 11.5. The van der Waals surface area contributed by atoms with Gasteiger partial charge in [-0.3, -0.25) is 5.32 Å². The van der Waals surface area contributed by atoms with E-state index >= 15 is 0 Å². The highest BCUT2D eigenvalue weighted by Crippen LogP contribution is 2.25. The normalized spacial score (nSPS) is 16.2. The number of hydrogen-bond acceptors (Lipinski definition) is 2. The van der Waals surface area contributed by atoms with Crippen LogP contribution in [0, 0.1) is 5.92 Å². The number of carbonyl (C=O) groups excluding carboxylic acids is 1. The van der Waals surface area contributed by atoms with E-state index in [0.717, 1.165) is 0 Å². The van der Waals surface area contributed by atoms with E-state index in [2.05, 4.69) is 21.7 Å². The first-order chi connectivity index (χ1) is 8.34. The van der Waals surface area contributed by atoms with Crippen LogP contribution in [0.4, 0.5) is 10.6 Å². The molecule has 1 aliphatic rings. The molecule has 0 unspecified atom stereocenters. The summed E-state index contributed by atoms with van der Waals surface area (Å²) in [5, 5.41) is 5.34. The van der Waals surface area contributed by atoms with Crippen molar-refractivity contribution in [2.75, 3.05) is 5.32 Å². The minimum absolute atomic E-state index is 0.252. The average Bonchev–Trinajstić information content (AvgIpc) is 2.83. The summed E-state index contributed by atoms with van der Waals surface area (Å²) in [5.41, 5.74) is 0. The van der Waals surface area contributed by atoms with Crippen molar-refractivity contribution in [3.8, 4) is 0 Å². The second kappa shape index (κ2) is 6.03. The van der Waals surface area contributed by atoms with Crippen LogP contribution in [-0.2, 0) is 0 Å². The van der Waals surface area contributed by atoms with Crippen molar-refractivity contribution in [1.29, 1.82) is 0 Å². The second-order valence-corrected chi connectivity index (χ2v) is 4.22. The third-order valence-corrected chi connectivity index (χ3v) is 2.89. The van der Waals surface area contributed by atoms with Crippen molar-refractivity contribution >= 4 is 11.8 Å². The number of aromatic nitrogens is 1. The minimum atomic E-state index is -0.252. The Labute approximate surface area is 101 Å². The fourth-order valence-corrected chi connectivity index (χ4v) is 2.00. The first-order valence-electron chi connectivity index (χ1n) is 6.00. The molecule has 1 heterocycles. The molecular weight excluding hydrogens is 214 g/mol. The highest BCUT2D eigenvalue weighted by Gasteiger charge is 2.11. The molecule has 0 atom stereocenters. The van der Waals surface area contributed by atoms with Gasteiger partial charge in [-0.1, -0.05) is 25.0 Å². The number of nitrogens with zero attached hydrogens (tertiary/aromatic N) is 1. The van der Waals surface area contributed by atoms with Gasteiger partial charge in [0.1, 0.15) is 5.82 Å². The van der Waals surface area contributed by atoms with E-state index in [4.69, 9.17) is 0 Å². The molecule has 1 fully saturated rings. The fourth-order valence-electron chi connectivity index (χ4n) is 2.00. The Kier molecular flexibility index (Phi) is 4.13. The molecule has 90 valence electrons. The van der Waals surface area contributed by atoms with Crippen molar-refractivity contribution in [1.82, 2.24) is 10.3 Å². The van der Waals surface area contributed by atoms with Crippen LogP contribution in [0.3, 0.4) is 0 Å². The Morgan fingerprint density at radius 2 is 2.18 bits per heavy atom. The van der Waals surface area contributed by atoms with E-state index in [9.17, 15) is 4.79 Å². The Balaban J connectivity index is 1.74. The lowest BCUT2D eigenvalue weighted by Gasteiger charge is -2.04. The van der Waals surface area contributed by atoms with E-state index in [1.165, 1.54) is 25.7 Å². The van der Waals surface area contributed by atoms with Gasteiger partial charge in [0.2, 0.25) is 0 Å². The van der Waals surface area contributed by atoms with Crippen molar-refractivity contribution in [2.45, 2.75) is 25.7 Å². The van der Waals surface area contributed by atoms with Gasteiger partial charge in [0, 0.05) is 12.4 Å². The molecule has 0 bridgehead atoms. The smallest absolute Gasteiger partial charge is 0.315 e. The van der Waals surface area contributed by atoms with Crippen LogP contribution < -0.4 is 10.6 Å². The maximum Gasteiger partial charge on any atom is 0.324 e. The van der Waals surface area contributed by atoms with Crippen LogP contribution in [0.2, 0.25) is 0 Å². The van der Waals surface area contributed by atoms with Gasteiger partial charge in [0.15, 0.2) is 0 Å². The molecule has 2 amide bonds. The maximum atomic E-state index is 11.5. The molecule has 2 N–H and O–H groups in total. The number of nitrogens with one attached hydrogen (secondary N) is 2. The van der Waals surface area contributed by atoms with Gasteiger partial charge in [0.05, 0.1) is 0 Å². The summed E-state index contributed by atoms with van der Waals surface area (Å²) in [5.74, 6) is 1.18. The van der Waals surface area contributed by atoms with E-state index in [1.807, 2.05) is 12.1 Å². The molecule has 1 saturated carbocycles. The largest absolute Gasteiger partial charge is 0.324 e. The Morgan fingerprint density at radius 1 is 1.35 bits per heavy atom. The van der Waals surface area contributed by atoms with E-state index in [0.29, 0.717) is 11.7 Å². The van der Waals surface area contributed by atoms with Crippen LogP contribution in [0.5, 0.6) is 0 Å². The third kappa shape index (κ3) is 3.90. The van der Waals surface area contributed by atoms with Gasteiger partial charge in [0.25, 0.3) is 0 Å². The van der Waals surface area contributed by atoms with Crippen molar-refractivity contribution in [3.05, 3.63) is 36.7 Å². The summed E-state index contributed by atoms with van der Waals surface area (Å²) in [7, 11) is 0.